The van der Waals surface area contributed by atoms with E-state index in [1.807, 2.05) is 6.92 Å². The average Bonchev–Trinajstić information content (AvgIpc) is 2.53. The van der Waals surface area contributed by atoms with E-state index in [1.54, 1.807) is 30.3 Å². The first-order valence-electron chi connectivity index (χ1n) is 6.95. The zero-order valence-electron chi connectivity index (χ0n) is 12.8. The summed E-state index contributed by atoms with van der Waals surface area (Å²) in [7, 11) is 0. The minimum atomic E-state index is -0.661. The average molecular weight is 349 g/mol. The number of nitro groups is 1. The van der Waals surface area contributed by atoms with Crippen LogP contribution in [0.2, 0.25) is 5.02 Å². The van der Waals surface area contributed by atoms with E-state index in [4.69, 9.17) is 22.2 Å². The fraction of sp³-hybridized carbons (Fsp3) is 0.125. The Bertz CT molecular complexity index is 803. The van der Waals surface area contributed by atoms with Gasteiger partial charge < -0.3 is 0 Å². The predicted octanol–water partition coefficient (Wildman–Crippen LogP) is 1.31. The van der Waals surface area contributed by atoms with Crippen molar-refractivity contribution in [3.05, 3.63) is 74.3 Å². The second-order valence-corrected chi connectivity index (χ2v) is 5.51. The number of hydrogen-bond acceptors (Lipinski definition) is 4. The van der Waals surface area contributed by atoms with E-state index in [0.29, 0.717) is 0 Å². The van der Waals surface area contributed by atoms with Crippen LogP contribution in [0, 0.1) is 17.0 Å². The van der Waals surface area contributed by atoms with E-state index >= 15 is 0 Å². The number of nitrogens with two attached hydrogens (primary N) is 1. The van der Waals surface area contributed by atoms with Crippen LogP contribution in [0.15, 0.2) is 42.5 Å². The summed E-state index contributed by atoms with van der Waals surface area (Å²) in [6, 6.07) is 10.9. The van der Waals surface area contributed by atoms with Crippen LogP contribution in [0.25, 0.3) is 0 Å². The van der Waals surface area contributed by atoms with E-state index in [2.05, 4.69) is 5.16 Å². The highest BCUT2D eigenvalue weighted by Crippen LogP contribution is 2.17. The Hall–Kier alpha value is -2.93. The molecule has 0 aromatic heterocycles. The van der Waals surface area contributed by atoms with E-state index in [-0.39, 0.29) is 28.5 Å². The molecule has 2 aromatic carbocycles. The number of halogens is 1. The number of non-ortho nitro benzene ring substituents is 1. The molecule has 0 saturated heterocycles. The first-order valence-corrected chi connectivity index (χ1v) is 7.32. The number of carbonyl (C=O) groups excluding carboxylic acids is 1. The highest BCUT2D eigenvalue weighted by molar-refractivity contribution is 6.33. The smallest absolute Gasteiger partial charge is 0.288 e. The molecule has 0 radical (unpaired) electrons. The van der Waals surface area contributed by atoms with Crippen molar-refractivity contribution in [3.8, 4) is 0 Å². The summed E-state index contributed by atoms with van der Waals surface area (Å²) in [5, 5.41) is 13.2. The highest BCUT2D eigenvalue weighted by Gasteiger charge is 2.14. The van der Waals surface area contributed by atoms with E-state index in [1.165, 1.54) is 12.1 Å². The maximum atomic E-state index is 11.9. The van der Waals surface area contributed by atoms with Crippen molar-refractivity contribution in [2.75, 3.05) is 0 Å². The molecule has 0 spiro atoms. The first kappa shape index (κ1) is 17.4. The highest BCUT2D eigenvalue weighted by atomic mass is 35.5. The van der Waals surface area contributed by atoms with Crippen LogP contribution in [0.3, 0.4) is 0 Å². The van der Waals surface area contributed by atoms with Crippen LogP contribution < -0.4 is 10.9 Å². The molecule has 3 N–H and O–H groups in total. The van der Waals surface area contributed by atoms with Crippen LogP contribution in [-0.4, -0.2) is 16.7 Å². The minimum Gasteiger partial charge on any atom is -0.288 e. The molecule has 0 aliphatic rings. The lowest BCUT2D eigenvalue weighted by molar-refractivity contribution is -0.722. The van der Waals surface area contributed by atoms with Crippen molar-refractivity contribution in [3.63, 3.8) is 0 Å². The fourth-order valence-electron chi connectivity index (χ4n) is 1.94. The zero-order valence-corrected chi connectivity index (χ0v) is 13.5. The Labute approximate surface area is 142 Å². The lowest BCUT2D eigenvalue weighted by Crippen LogP contribution is -2.75. The van der Waals surface area contributed by atoms with E-state index in [0.717, 1.165) is 11.1 Å². The van der Waals surface area contributed by atoms with Gasteiger partial charge in [-0.3, -0.25) is 20.7 Å². The molecule has 124 valence electrons. The molecule has 0 atom stereocenters. The molecule has 0 unspecified atom stereocenters. The van der Waals surface area contributed by atoms with E-state index in [9.17, 15) is 14.9 Å². The SMILES string of the molecule is Cc1ccc(C(=O)O[NH+]=C(N)Cc2ccc([N+](=O)[O-])cc2)c(Cl)c1. The Morgan fingerprint density at radius 1 is 1.29 bits per heavy atom. The largest absolute Gasteiger partial charge is 0.389 e. The van der Waals surface area contributed by atoms with Gasteiger partial charge >= 0.3 is 5.97 Å². The van der Waals surface area contributed by atoms with Gasteiger partial charge in [0, 0.05) is 12.1 Å². The summed E-state index contributed by atoms with van der Waals surface area (Å²) in [6.45, 7) is 1.86. The molecule has 0 aliphatic heterocycles. The molecule has 0 saturated carbocycles. The number of benzene rings is 2. The van der Waals surface area contributed by atoms with Crippen molar-refractivity contribution >= 4 is 29.1 Å². The van der Waals surface area contributed by atoms with Gasteiger partial charge in [0.05, 0.1) is 21.9 Å². The minimum absolute atomic E-state index is 0.00859. The quantitative estimate of drug-likeness (QED) is 0.278. The van der Waals surface area contributed by atoms with Crippen molar-refractivity contribution in [2.45, 2.75) is 13.3 Å². The van der Waals surface area contributed by atoms with Crippen LogP contribution in [0.4, 0.5) is 5.69 Å². The molecule has 0 heterocycles. The zero-order chi connectivity index (χ0) is 17.7. The summed E-state index contributed by atoms with van der Waals surface area (Å²) in [5.74, 6) is -0.480. The third kappa shape index (κ3) is 4.53. The lowest BCUT2D eigenvalue weighted by atomic mass is 10.1. The maximum absolute atomic E-state index is 11.9. The molecular weight excluding hydrogens is 334 g/mol. The molecule has 0 aliphatic carbocycles. The van der Waals surface area contributed by atoms with Gasteiger partial charge in [0.1, 0.15) is 0 Å². The number of aryl methyl sites for hydroxylation is 1. The van der Waals surface area contributed by atoms with Gasteiger partial charge in [-0.2, -0.15) is 0 Å². The van der Waals surface area contributed by atoms with E-state index < -0.39 is 10.9 Å². The lowest BCUT2D eigenvalue weighted by Gasteiger charge is -2.02. The Morgan fingerprint density at radius 2 is 1.96 bits per heavy atom. The van der Waals surface area contributed by atoms with Crippen LogP contribution in [-0.2, 0) is 11.3 Å². The Balaban J connectivity index is 2.00. The molecule has 7 nitrogen and oxygen atoms in total. The van der Waals surface area contributed by atoms with Crippen molar-refractivity contribution in [1.29, 1.82) is 0 Å². The monoisotopic (exact) mass is 348 g/mol. The number of rotatable bonds is 5. The summed E-state index contributed by atoms with van der Waals surface area (Å²) < 4.78 is 0. The third-order valence-corrected chi connectivity index (χ3v) is 3.47. The molecule has 2 aromatic rings. The molecular formula is C16H15ClN3O4+. The number of hydrogen-bond donors (Lipinski definition) is 2. The summed E-state index contributed by atoms with van der Waals surface area (Å²) >= 11 is 5.99. The fourth-order valence-corrected chi connectivity index (χ4v) is 2.26. The number of nitro benzene ring substituents is 1. The van der Waals surface area contributed by atoms with Crippen LogP contribution in [0.1, 0.15) is 21.5 Å². The molecule has 8 heteroatoms. The second-order valence-electron chi connectivity index (χ2n) is 5.10. The molecule has 0 bridgehead atoms. The standard InChI is InChI=1S/C16H14ClN3O4/c1-10-2-7-13(14(17)8-10)16(21)24-19-15(18)9-11-3-5-12(6-4-11)20(22)23/h2-8H,9H2,1H3,(H2,18,19)/p+1. The summed E-state index contributed by atoms with van der Waals surface area (Å²) in [5.41, 5.74) is 7.62. The molecule has 0 fully saturated rings. The Kier molecular flexibility index (Phi) is 5.49. The molecule has 0 amide bonds. The van der Waals surface area contributed by atoms with Gasteiger partial charge in [0.25, 0.3) is 11.5 Å². The topological polar surface area (TPSA) is 109 Å². The molecule has 2 rings (SSSR count). The number of carbonyl (C=O) groups is 1. The van der Waals surface area contributed by atoms with Crippen molar-refractivity contribution in [1.82, 2.24) is 0 Å². The van der Waals surface area contributed by atoms with Crippen molar-refractivity contribution in [2.24, 2.45) is 5.73 Å². The van der Waals surface area contributed by atoms with Gasteiger partial charge in [-0.25, -0.2) is 4.79 Å². The van der Waals surface area contributed by atoms with Gasteiger partial charge in [0.15, 0.2) is 0 Å². The van der Waals surface area contributed by atoms with Gasteiger partial charge in [-0.05, 0) is 30.2 Å². The summed E-state index contributed by atoms with van der Waals surface area (Å²) in [6.07, 6.45) is 0.243. The van der Waals surface area contributed by atoms with Gasteiger partial charge in [-0.15, -0.1) is 0 Å². The predicted molar refractivity (Wildman–Crippen MR) is 88.6 cm³/mol. The number of amidine groups is 1. The maximum Gasteiger partial charge on any atom is 0.389 e. The Morgan fingerprint density at radius 3 is 2.54 bits per heavy atom. The number of nitrogens with one attached hydrogen (secondary N) is 1. The van der Waals surface area contributed by atoms with Crippen LogP contribution in [0.5, 0.6) is 0 Å². The van der Waals surface area contributed by atoms with Crippen LogP contribution >= 0.6 is 11.6 Å². The normalized spacial score (nSPS) is 11.2. The van der Waals surface area contributed by atoms with Crippen molar-refractivity contribution < 1.29 is 19.7 Å². The number of nitrogens with zero attached hydrogens (tertiary/aromatic N) is 1. The first-order chi connectivity index (χ1) is 11.4. The van der Waals surface area contributed by atoms with Gasteiger partial charge in [0.2, 0.25) is 0 Å². The molecule has 24 heavy (non-hydrogen) atoms. The van der Waals surface area contributed by atoms with Gasteiger partial charge in [-0.1, -0.05) is 35.0 Å². The second kappa shape index (κ2) is 7.56. The third-order valence-electron chi connectivity index (χ3n) is 3.16. The summed E-state index contributed by atoms with van der Waals surface area (Å²) in [4.78, 5) is 26.9.